The zero-order valence-electron chi connectivity index (χ0n) is 12.0. The topological polar surface area (TPSA) is 50.7 Å². The fourth-order valence-corrected chi connectivity index (χ4v) is 1.98. The van der Waals surface area contributed by atoms with Crippen LogP contribution in [-0.4, -0.2) is 21.5 Å². The first-order valence-electron chi connectivity index (χ1n) is 6.70. The summed E-state index contributed by atoms with van der Waals surface area (Å²) in [5.41, 5.74) is 4.17. The molecule has 2 aromatic heterocycles. The molecule has 0 aliphatic heterocycles. The second-order valence-electron chi connectivity index (χ2n) is 4.54. The van der Waals surface area contributed by atoms with Gasteiger partial charge in [-0.05, 0) is 39.3 Å². The Morgan fingerprint density at radius 1 is 1.11 bits per heavy atom. The average Bonchev–Trinajstić information content (AvgIpc) is 2.42. The lowest BCUT2D eigenvalue weighted by molar-refractivity contribution is 0.968. The van der Waals surface area contributed by atoms with E-state index in [9.17, 15) is 0 Å². The largest absolute Gasteiger partial charge is 0.370 e. The van der Waals surface area contributed by atoms with Gasteiger partial charge in [0.05, 0.1) is 0 Å². The predicted molar refractivity (Wildman–Crippen MR) is 78.3 cm³/mol. The van der Waals surface area contributed by atoms with Gasteiger partial charge in [0, 0.05) is 35.3 Å². The second-order valence-corrected chi connectivity index (χ2v) is 4.54. The molecule has 0 aromatic carbocycles. The molecule has 4 heteroatoms. The van der Waals surface area contributed by atoms with Gasteiger partial charge in [-0.2, -0.15) is 0 Å². The van der Waals surface area contributed by atoms with E-state index in [1.165, 1.54) is 0 Å². The fraction of sp³-hybridized carbons (Fsp3) is 0.400. The molecule has 2 rings (SSSR count). The normalized spacial score (nSPS) is 10.5. The van der Waals surface area contributed by atoms with Gasteiger partial charge >= 0.3 is 0 Å². The highest BCUT2D eigenvalue weighted by molar-refractivity contribution is 5.59. The Hall–Kier alpha value is -1.97. The zero-order valence-corrected chi connectivity index (χ0v) is 12.0. The summed E-state index contributed by atoms with van der Waals surface area (Å²) in [5.74, 6) is 1.66. The molecule has 0 saturated carbocycles. The van der Waals surface area contributed by atoms with Crippen LogP contribution >= 0.6 is 0 Å². The van der Waals surface area contributed by atoms with Gasteiger partial charge in [0.2, 0.25) is 0 Å². The number of aromatic nitrogens is 3. The molecule has 0 spiro atoms. The number of pyridine rings is 1. The first kappa shape index (κ1) is 13.5. The molecule has 1 N–H and O–H groups in total. The predicted octanol–water partition coefficient (Wildman–Crippen LogP) is 3.15. The molecule has 0 saturated heterocycles. The molecular weight excluding hydrogens is 236 g/mol. The van der Waals surface area contributed by atoms with Gasteiger partial charge in [0.25, 0.3) is 0 Å². The summed E-state index contributed by atoms with van der Waals surface area (Å²) in [4.78, 5) is 13.6. The van der Waals surface area contributed by atoms with Crippen molar-refractivity contribution in [3.63, 3.8) is 0 Å². The lowest BCUT2D eigenvalue weighted by Gasteiger charge is -2.12. The molecule has 4 nitrogen and oxygen atoms in total. The Bertz CT molecular complexity index is 561. The summed E-state index contributed by atoms with van der Waals surface area (Å²) in [6.07, 6.45) is 2.73. The lowest BCUT2D eigenvalue weighted by Crippen LogP contribution is -2.07. The van der Waals surface area contributed by atoms with E-state index in [0.29, 0.717) is 0 Å². The molecule has 0 unspecified atom stereocenters. The second kappa shape index (κ2) is 5.78. The minimum absolute atomic E-state index is 0.742. The average molecular weight is 256 g/mol. The lowest BCUT2D eigenvalue weighted by atomic mass is 10.1. The summed E-state index contributed by atoms with van der Waals surface area (Å²) < 4.78 is 0. The zero-order chi connectivity index (χ0) is 13.8. The maximum atomic E-state index is 4.64. The van der Waals surface area contributed by atoms with E-state index in [-0.39, 0.29) is 0 Å². The number of hydrogen-bond donors (Lipinski definition) is 1. The standard InChI is InChI=1S/C15H20N4/c1-5-13-11(4)14(16-6-2)19-15(18-13)12-8-7-10(3)17-9-12/h7-9H,5-6H2,1-4H3,(H,16,18,19). The Morgan fingerprint density at radius 3 is 2.47 bits per heavy atom. The first-order valence-corrected chi connectivity index (χ1v) is 6.70. The summed E-state index contributed by atoms with van der Waals surface area (Å²) in [7, 11) is 0. The van der Waals surface area contributed by atoms with Crippen LogP contribution in [0.15, 0.2) is 18.3 Å². The maximum Gasteiger partial charge on any atom is 0.163 e. The van der Waals surface area contributed by atoms with Crippen LogP contribution in [0.2, 0.25) is 0 Å². The van der Waals surface area contributed by atoms with Crippen LogP contribution in [0.1, 0.15) is 30.8 Å². The molecule has 100 valence electrons. The number of nitrogens with one attached hydrogen (secondary N) is 1. The molecule has 0 amide bonds. The van der Waals surface area contributed by atoms with E-state index in [1.54, 1.807) is 0 Å². The molecule has 0 radical (unpaired) electrons. The molecule has 2 heterocycles. The summed E-state index contributed by atoms with van der Waals surface area (Å²) in [5, 5.41) is 3.30. The number of nitrogens with zero attached hydrogens (tertiary/aromatic N) is 3. The van der Waals surface area contributed by atoms with Crippen molar-refractivity contribution in [3.8, 4) is 11.4 Å². The Labute approximate surface area is 114 Å². The summed E-state index contributed by atoms with van der Waals surface area (Å²) >= 11 is 0. The van der Waals surface area contributed by atoms with Crippen molar-refractivity contribution in [2.24, 2.45) is 0 Å². The van der Waals surface area contributed by atoms with Gasteiger partial charge in [0.15, 0.2) is 5.82 Å². The van der Waals surface area contributed by atoms with Gasteiger partial charge < -0.3 is 5.32 Å². The third-order valence-electron chi connectivity index (χ3n) is 3.10. The number of anilines is 1. The van der Waals surface area contributed by atoms with Gasteiger partial charge in [-0.1, -0.05) is 6.92 Å². The molecule has 0 atom stereocenters. The minimum atomic E-state index is 0.742. The highest BCUT2D eigenvalue weighted by Gasteiger charge is 2.10. The van der Waals surface area contributed by atoms with Crippen molar-refractivity contribution in [2.75, 3.05) is 11.9 Å². The summed E-state index contributed by atoms with van der Waals surface area (Å²) in [6.45, 7) is 9.07. The van der Waals surface area contributed by atoms with E-state index < -0.39 is 0 Å². The highest BCUT2D eigenvalue weighted by atomic mass is 15.0. The van der Waals surface area contributed by atoms with Crippen molar-refractivity contribution in [2.45, 2.75) is 34.1 Å². The van der Waals surface area contributed by atoms with Gasteiger partial charge in [-0.3, -0.25) is 4.98 Å². The van der Waals surface area contributed by atoms with Gasteiger partial charge in [-0.25, -0.2) is 9.97 Å². The van der Waals surface area contributed by atoms with E-state index in [4.69, 9.17) is 0 Å². The molecule has 0 aliphatic rings. The van der Waals surface area contributed by atoms with Crippen LogP contribution in [0.5, 0.6) is 0 Å². The SMILES string of the molecule is CCNc1nc(-c2ccc(C)nc2)nc(CC)c1C. The Morgan fingerprint density at radius 2 is 1.89 bits per heavy atom. The summed E-state index contributed by atoms with van der Waals surface area (Å²) in [6, 6.07) is 4.00. The third-order valence-corrected chi connectivity index (χ3v) is 3.10. The van der Waals surface area contributed by atoms with Crippen molar-refractivity contribution >= 4 is 5.82 Å². The van der Waals surface area contributed by atoms with Crippen LogP contribution in [0.25, 0.3) is 11.4 Å². The maximum absolute atomic E-state index is 4.64. The van der Waals surface area contributed by atoms with E-state index >= 15 is 0 Å². The molecule has 0 aliphatic carbocycles. The number of rotatable bonds is 4. The molecule has 0 fully saturated rings. The number of aryl methyl sites for hydroxylation is 2. The third kappa shape index (κ3) is 2.89. The minimum Gasteiger partial charge on any atom is -0.370 e. The molecule has 2 aromatic rings. The first-order chi connectivity index (χ1) is 9.15. The van der Waals surface area contributed by atoms with Crippen LogP contribution in [0, 0.1) is 13.8 Å². The quantitative estimate of drug-likeness (QED) is 0.913. The van der Waals surface area contributed by atoms with Crippen LogP contribution < -0.4 is 5.32 Å². The fourth-order valence-electron chi connectivity index (χ4n) is 1.98. The van der Waals surface area contributed by atoms with E-state index in [1.807, 2.05) is 25.3 Å². The van der Waals surface area contributed by atoms with Crippen molar-refractivity contribution < 1.29 is 0 Å². The molecule has 0 bridgehead atoms. The van der Waals surface area contributed by atoms with Gasteiger partial charge in [0.1, 0.15) is 5.82 Å². The monoisotopic (exact) mass is 256 g/mol. The Kier molecular flexibility index (Phi) is 4.10. The van der Waals surface area contributed by atoms with E-state index in [0.717, 1.165) is 47.1 Å². The van der Waals surface area contributed by atoms with Crippen LogP contribution in [0.3, 0.4) is 0 Å². The highest BCUT2D eigenvalue weighted by Crippen LogP contribution is 2.22. The van der Waals surface area contributed by atoms with Crippen molar-refractivity contribution in [3.05, 3.63) is 35.3 Å². The van der Waals surface area contributed by atoms with E-state index in [2.05, 4.69) is 41.0 Å². The molecule has 19 heavy (non-hydrogen) atoms. The van der Waals surface area contributed by atoms with Gasteiger partial charge in [-0.15, -0.1) is 0 Å². The van der Waals surface area contributed by atoms with Crippen molar-refractivity contribution in [1.82, 2.24) is 15.0 Å². The van der Waals surface area contributed by atoms with Crippen LogP contribution in [-0.2, 0) is 6.42 Å². The van der Waals surface area contributed by atoms with Crippen molar-refractivity contribution in [1.29, 1.82) is 0 Å². The Balaban J connectivity index is 2.51. The molecular formula is C15H20N4. The number of hydrogen-bond acceptors (Lipinski definition) is 4. The van der Waals surface area contributed by atoms with Crippen LogP contribution in [0.4, 0.5) is 5.82 Å². The smallest absolute Gasteiger partial charge is 0.163 e.